The van der Waals surface area contributed by atoms with E-state index in [1.54, 1.807) is 18.2 Å². The summed E-state index contributed by atoms with van der Waals surface area (Å²) < 4.78 is 6.21. The predicted molar refractivity (Wildman–Crippen MR) is 132 cm³/mol. The third-order valence-corrected chi connectivity index (χ3v) is 5.32. The Balaban J connectivity index is 1.53. The number of hydrogen-bond acceptors (Lipinski definition) is 6. The molecular weight excluding hydrogens is 504 g/mol. The van der Waals surface area contributed by atoms with Crippen LogP contribution in [0, 0.1) is 24.0 Å². The van der Waals surface area contributed by atoms with Gasteiger partial charge in [0, 0.05) is 23.4 Å². The number of aryl methyl sites for hydroxylation is 2. The molecule has 3 aromatic carbocycles. The minimum absolute atomic E-state index is 0.102. The number of ether oxygens (including phenoxy) is 1. The lowest BCUT2D eigenvalue weighted by atomic mass is 10.1. The molecular formula is C24H21BrN4O5. The van der Waals surface area contributed by atoms with Crippen LogP contribution in [0.5, 0.6) is 5.75 Å². The number of anilines is 1. The number of hydrazone groups is 1. The van der Waals surface area contributed by atoms with Crippen molar-refractivity contribution in [2.45, 2.75) is 13.8 Å². The lowest BCUT2D eigenvalue weighted by molar-refractivity contribution is -0.384. The molecule has 0 heterocycles. The molecule has 2 N–H and O–H groups in total. The molecule has 34 heavy (non-hydrogen) atoms. The molecule has 3 rings (SSSR count). The maximum atomic E-state index is 12.3. The Hall–Kier alpha value is -4.05. The monoisotopic (exact) mass is 524 g/mol. The molecule has 10 heteroatoms. The molecule has 9 nitrogen and oxygen atoms in total. The molecule has 0 spiro atoms. The fourth-order valence-electron chi connectivity index (χ4n) is 2.88. The molecule has 0 aliphatic carbocycles. The number of carbonyl (C=O) groups is 2. The van der Waals surface area contributed by atoms with E-state index in [2.05, 4.69) is 31.8 Å². The summed E-state index contributed by atoms with van der Waals surface area (Å²) in [5.74, 6) is -0.302. The van der Waals surface area contributed by atoms with E-state index in [9.17, 15) is 19.7 Å². The number of halogens is 1. The highest BCUT2D eigenvalue weighted by Gasteiger charge is 2.10. The van der Waals surface area contributed by atoms with E-state index in [-0.39, 0.29) is 23.8 Å². The predicted octanol–water partition coefficient (Wildman–Crippen LogP) is 4.76. The summed E-state index contributed by atoms with van der Waals surface area (Å²) in [6, 6.07) is 16.1. The number of benzene rings is 3. The van der Waals surface area contributed by atoms with Crippen LogP contribution in [-0.2, 0) is 4.79 Å². The molecule has 0 bridgehead atoms. The number of nitrogens with zero attached hydrogens (tertiary/aromatic N) is 2. The molecule has 2 amide bonds. The van der Waals surface area contributed by atoms with Gasteiger partial charge in [-0.1, -0.05) is 12.1 Å². The summed E-state index contributed by atoms with van der Waals surface area (Å²) in [7, 11) is 0. The van der Waals surface area contributed by atoms with Gasteiger partial charge in [-0.2, -0.15) is 5.10 Å². The van der Waals surface area contributed by atoms with Crippen LogP contribution in [0.15, 0.2) is 70.2 Å². The van der Waals surface area contributed by atoms with Gasteiger partial charge in [-0.3, -0.25) is 19.7 Å². The van der Waals surface area contributed by atoms with E-state index in [0.717, 1.165) is 16.8 Å². The van der Waals surface area contributed by atoms with E-state index < -0.39 is 10.8 Å². The Labute approximate surface area is 204 Å². The Morgan fingerprint density at radius 3 is 2.50 bits per heavy atom. The van der Waals surface area contributed by atoms with Gasteiger partial charge in [0.2, 0.25) is 0 Å². The third-order valence-electron chi connectivity index (χ3n) is 4.70. The molecule has 0 aliphatic rings. The fraction of sp³-hybridized carbons (Fsp3) is 0.125. The van der Waals surface area contributed by atoms with Crippen molar-refractivity contribution in [2.24, 2.45) is 5.10 Å². The van der Waals surface area contributed by atoms with Gasteiger partial charge in [-0.15, -0.1) is 0 Å². The zero-order chi connectivity index (χ0) is 24.7. The molecule has 0 saturated carbocycles. The second-order valence-electron chi connectivity index (χ2n) is 7.35. The van der Waals surface area contributed by atoms with E-state index in [1.165, 1.54) is 30.5 Å². The summed E-state index contributed by atoms with van der Waals surface area (Å²) in [5, 5.41) is 17.4. The van der Waals surface area contributed by atoms with Gasteiger partial charge < -0.3 is 10.1 Å². The van der Waals surface area contributed by atoms with E-state index in [4.69, 9.17) is 4.74 Å². The normalized spacial score (nSPS) is 10.7. The van der Waals surface area contributed by atoms with Crippen molar-refractivity contribution in [2.75, 3.05) is 11.9 Å². The molecule has 0 saturated heterocycles. The lowest BCUT2D eigenvalue weighted by Gasteiger charge is -2.11. The summed E-state index contributed by atoms with van der Waals surface area (Å²) >= 11 is 3.40. The van der Waals surface area contributed by atoms with Crippen molar-refractivity contribution in [3.05, 3.63) is 97.5 Å². The fourth-order valence-corrected chi connectivity index (χ4v) is 3.39. The number of nitro benzene ring substituents is 1. The van der Waals surface area contributed by atoms with Gasteiger partial charge in [-0.25, -0.2) is 5.43 Å². The van der Waals surface area contributed by atoms with Gasteiger partial charge in [0.1, 0.15) is 5.75 Å². The summed E-state index contributed by atoms with van der Waals surface area (Å²) in [6.07, 6.45) is 1.44. The maximum absolute atomic E-state index is 12.3. The summed E-state index contributed by atoms with van der Waals surface area (Å²) in [5.41, 5.74) is 5.93. The van der Waals surface area contributed by atoms with E-state index in [1.807, 2.05) is 32.0 Å². The van der Waals surface area contributed by atoms with Crippen molar-refractivity contribution in [1.29, 1.82) is 0 Å². The lowest BCUT2D eigenvalue weighted by Crippen LogP contribution is -2.20. The minimum Gasteiger partial charge on any atom is -0.483 e. The van der Waals surface area contributed by atoms with Gasteiger partial charge in [0.15, 0.2) is 6.61 Å². The Morgan fingerprint density at radius 2 is 1.82 bits per heavy atom. The van der Waals surface area contributed by atoms with Crippen LogP contribution in [0.4, 0.5) is 11.4 Å². The topological polar surface area (TPSA) is 123 Å². The van der Waals surface area contributed by atoms with E-state index in [0.29, 0.717) is 15.8 Å². The zero-order valence-corrected chi connectivity index (χ0v) is 20.0. The van der Waals surface area contributed by atoms with Crippen LogP contribution in [0.2, 0.25) is 0 Å². The number of amides is 2. The Kier molecular flexibility index (Phi) is 8.10. The average Bonchev–Trinajstić information content (AvgIpc) is 2.81. The summed E-state index contributed by atoms with van der Waals surface area (Å²) in [4.78, 5) is 34.5. The van der Waals surface area contributed by atoms with Crippen LogP contribution >= 0.6 is 15.9 Å². The van der Waals surface area contributed by atoms with Crippen molar-refractivity contribution in [1.82, 2.24) is 5.43 Å². The van der Waals surface area contributed by atoms with Crippen LogP contribution in [0.25, 0.3) is 0 Å². The van der Waals surface area contributed by atoms with Gasteiger partial charge >= 0.3 is 0 Å². The number of hydrogen-bond donors (Lipinski definition) is 2. The van der Waals surface area contributed by atoms with Crippen LogP contribution in [0.1, 0.15) is 27.0 Å². The van der Waals surface area contributed by atoms with Crippen LogP contribution < -0.4 is 15.5 Å². The second-order valence-corrected chi connectivity index (χ2v) is 8.20. The first-order chi connectivity index (χ1) is 16.2. The van der Waals surface area contributed by atoms with Crippen molar-refractivity contribution in [3.63, 3.8) is 0 Å². The highest BCUT2D eigenvalue weighted by atomic mass is 79.9. The van der Waals surface area contributed by atoms with Crippen LogP contribution in [0.3, 0.4) is 0 Å². The Morgan fingerprint density at radius 1 is 1.09 bits per heavy atom. The highest BCUT2D eigenvalue weighted by Crippen LogP contribution is 2.25. The number of rotatable bonds is 8. The van der Waals surface area contributed by atoms with Crippen molar-refractivity contribution in [3.8, 4) is 5.75 Å². The number of nitro groups is 1. The van der Waals surface area contributed by atoms with Gasteiger partial charge in [-0.05, 0) is 82.9 Å². The Bertz CT molecular complexity index is 1260. The maximum Gasteiger partial charge on any atom is 0.271 e. The largest absolute Gasteiger partial charge is 0.483 e. The molecule has 0 atom stereocenters. The molecule has 0 unspecified atom stereocenters. The average molecular weight is 525 g/mol. The molecule has 0 fully saturated rings. The first kappa shape index (κ1) is 24.6. The van der Waals surface area contributed by atoms with Gasteiger partial charge in [0.25, 0.3) is 17.5 Å². The molecule has 3 aromatic rings. The van der Waals surface area contributed by atoms with Crippen LogP contribution in [-0.4, -0.2) is 29.6 Å². The molecule has 174 valence electrons. The smallest absolute Gasteiger partial charge is 0.271 e. The second kappa shape index (κ2) is 11.2. The number of nitrogens with one attached hydrogen (secondary N) is 2. The first-order valence-corrected chi connectivity index (χ1v) is 10.9. The molecule has 0 radical (unpaired) electrons. The minimum atomic E-state index is -0.539. The zero-order valence-electron chi connectivity index (χ0n) is 18.4. The van der Waals surface area contributed by atoms with Crippen molar-refractivity contribution >= 4 is 45.3 Å². The molecule has 0 aliphatic heterocycles. The van der Waals surface area contributed by atoms with Crippen molar-refractivity contribution < 1.29 is 19.2 Å². The summed E-state index contributed by atoms with van der Waals surface area (Å²) in [6.45, 7) is 3.71. The van der Waals surface area contributed by atoms with Gasteiger partial charge in [0.05, 0.1) is 15.6 Å². The number of non-ortho nitro benzene ring substituents is 1. The first-order valence-electron chi connectivity index (χ1n) is 10.1. The standard InChI is InChI=1S/C24H21BrN4O5/c1-15-3-4-16(2)21(11-15)27-23(30)14-34-22-10-5-17(12-20(22)25)13-26-28-24(31)18-6-8-19(9-7-18)29(32)33/h3-13H,14H2,1-2H3,(H,27,30)(H,28,31)/b26-13+. The molecule has 0 aromatic heterocycles. The van der Waals surface area contributed by atoms with E-state index >= 15 is 0 Å². The highest BCUT2D eigenvalue weighted by molar-refractivity contribution is 9.10. The SMILES string of the molecule is Cc1ccc(C)c(NC(=O)COc2ccc(/C=N/NC(=O)c3ccc([N+](=O)[O-])cc3)cc2Br)c1. The quantitative estimate of drug-likeness (QED) is 0.250. The third kappa shape index (κ3) is 6.72. The number of carbonyl (C=O) groups excluding carboxylic acids is 2.